The van der Waals surface area contributed by atoms with E-state index in [2.05, 4.69) is 9.99 Å². The highest BCUT2D eigenvalue weighted by Gasteiger charge is 2.18. The van der Waals surface area contributed by atoms with E-state index < -0.39 is 0 Å². The molecule has 52 valence electrons. The lowest BCUT2D eigenvalue weighted by Crippen LogP contribution is -2.13. The maximum absolute atomic E-state index is 8.50. The number of aliphatic hydroxyl groups is 2. The molecule has 0 bridgehead atoms. The second-order valence-electron chi connectivity index (χ2n) is 1.93. The Labute approximate surface area is 52.7 Å². The fourth-order valence-corrected chi connectivity index (χ4v) is 0.678. The number of hydrogen-bond acceptors (Lipinski definition) is 4. The van der Waals surface area contributed by atoms with E-state index in [1.54, 1.807) is 0 Å². The van der Waals surface area contributed by atoms with Gasteiger partial charge in [-0.2, -0.15) is 0 Å². The Morgan fingerprint density at radius 3 is 2.78 bits per heavy atom. The average Bonchev–Trinajstić information content (AvgIpc) is 2.34. The summed E-state index contributed by atoms with van der Waals surface area (Å²) in [5.41, 5.74) is 0.606. The molecular weight excluding hydrogens is 122 g/mol. The molecule has 9 heavy (non-hydrogen) atoms. The Bertz CT molecular complexity index is 123. The highest BCUT2D eigenvalue weighted by Crippen LogP contribution is 2.08. The van der Waals surface area contributed by atoms with Crippen molar-refractivity contribution in [2.24, 2.45) is 5.16 Å². The van der Waals surface area contributed by atoms with Gasteiger partial charge in [-0.15, -0.1) is 0 Å². The van der Waals surface area contributed by atoms with Crippen LogP contribution in [0.3, 0.4) is 0 Å². The van der Waals surface area contributed by atoms with E-state index in [1.807, 2.05) is 0 Å². The van der Waals surface area contributed by atoms with E-state index in [9.17, 15) is 0 Å². The predicted molar refractivity (Wildman–Crippen MR) is 31.1 cm³/mol. The van der Waals surface area contributed by atoms with Gasteiger partial charge >= 0.3 is 0 Å². The van der Waals surface area contributed by atoms with Gasteiger partial charge in [-0.25, -0.2) is 0 Å². The molecule has 4 heteroatoms. The molecule has 1 aliphatic heterocycles. The minimum atomic E-state index is -0.229. The molecule has 0 aromatic heterocycles. The Hall–Kier alpha value is -0.610. The second kappa shape index (κ2) is 2.80. The summed E-state index contributed by atoms with van der Waals surface area (Å²) in [6, 6.07) is 0. The minimum absolute atomic E-state index is 0.0347. The Morgan fingerprint density at radius 1 is 1.67 bits per heavy atom. The van der Waals surface area contributed by atoms with E-state index >= 15 is 0 Å². The van der Waals surface area contributed by atoms with Gasteiger partial charge in [0.15, 0.2) is 6.10 Å². The van der Waals surface area contributed by atoms with Gasteiger partial charge in [0, 0.05) is 6.42 Å². The van der Waals surface area contributed by atoms with E-state index in [0.29, 0.717) is 12.1 Å². The molecule has 0 spiro atoms. The van der Waals surface area contributed by atoms with Crippen molar-refractivity contribution in [1.82, 2.24) is 0 Å². The van der Waals surface area contributed by atoms with E-state index in [0.717, 1.165) is 0 Å². The summed E-state index contributed by atoms with van der Waals surface area (Å²) in [6.45, 7) is -0.108. The minimum Gasteiger partial charge on any atom is -0.392 e. The lowest BCUT2D eigenvalue weighted by molar-refractivity contribution is 0.0390. The zero-order valence-corrected chi connectivity index (χ0v) is 4.95. The van der Waals surface area contributed by atoms with Crippen LogP contribution in [0.25, 0.3) is 0 Å². The molecule has 0 saturated carbocycles. The maximum atomic E-state index is 8.50. The van der Waals surface area contributed by atoms with Gasteiger partial charge in [0.05, 0.1) is 18.9 Å². The molecule has 1 atom stereocenters. The van der Waals surface area contributed by atoms with Crippen LogP contribution < -0.4 is 0 Å². The predicted octanol–water partition coefficient (Wildman–Crippen LogP) is -0.884. The van der Waals surface area contributed by atoms with Gasteiger partial charge in [-0.1, -0.05) is 5.16 Å². The highest BCUT2D eigenvalue weighted by molar-refractivity contribution is 5.86. The van der Waals surface area contributed by atoms with Crippen LogP contribution in [0.5, 0.6) is 0 Å². The van der Waals surface area contributed by atoms with E-state index in [-0.39, 0.29) is 19.3 Å². The van der Waals surface area contributed by atoms with Gasteiger partial charge in [0.25, 0.3) is 0 Å². The zero-order chi connectivity index (χ0) is 6.69. The third kappa shape index (κ3) is 1.40. The van der Waals surface area contributed by atoms with Gasteiger partial charge in [-0.05, 0) is 0 Å². The van der Waals surface area contributed by atoms with Crippen molar-refractivity contribution in [2.75, 3.05) is 13.2 Å². The Kier molecular flexibility index (Phi) is 2.02. The second-order valence-corrected chi connectivity index (χ2v) is 1.93. The summed E-state index contributed by atoms with van der Waals surface area (Å²) in [4.78, 5) is 4.68. The molecule has 1 heterocycles. The summed E-state index contributed by atoms with van der Waals surface area (Å²) in [7, 11) is 0. The van der Waals surface area contributed by atoms with Crippen LogP contribution in [0, 0.1) is 0 Å². The molecule has 1 rings (SSSR count). The molecular formula is C5H9NO3. The first-order valence-electron chi connectivity index (χ1n) is 2.80. The summed E-state index contributed by atoms with van der Waals surface area (Å²) in [5, 5.41) is 20.5. The van der Waals surface area contributed by atoms with Gasteiger partial charge < -0.3 is 15.1 Å². The molecule has 0 aromatic rings. The normalized spacial score (nSPS) is 25.6. The first-order chi connectivity index (χ1) is 4.36. The van der Waals surface area contributed by atoms with Crippen LogP contribution in [0.4, 0.5) is 0 Å². The molecule has 1 aliphatic rings. The Balaban J connectivity index is 2.31. The van der Waals surface area contributed by atoms with Crippen LogP contribution in [-0.4, -0.2) is 35.2 Å². The number of nitrogens with zero attached hydrogens (tertiary/aromatic N) is 1. The topological polar surface area (TPSA) is 62.1 Å². The number of oxime groups is 1. The van der Waals surface area contributed by atoms with Crippen LogP contribution in [0.15, 0.2) is 5.16 Å². The van der Waals surface area contributed by atoms with Gasteiger partial charge in [0.2, 0.25) is 0 Å². The van der Waals surface area contributed by atoms with Crippen molar-refractivity contribution in [3.05, 3.63) is 0 Å². The maximum Gasteiger partial charge on any atom is 0.155 e. The molecule has 0 amide bonds. The molecule has 0 saturated heterocycles. The van der Waals surface area contributed by atoms with E-state index in [4.69, 9.17) is 10.2 Å². The molecule has 0 aromatic carbocycles. The summed E-state index contributed by atoms with van der Waals surface area (Å²) in [5.74, 6) is 0. The zero-order valence-electron chi connectivity index (χ0n) is 4.95. The molecule has 0 unspecified atom stereocenters. The molecule has 0 aliphatic carbocycles. The van der Waals surface area contributed by atoms with Crippen LogP contribution in [-0.2, 0) is 4.84 Å². The summed E-state index contributed by atoms with van der Waals surface area (Å²) >= 11 is 0. The van der Waals surface area contributed by atoms with Crippen LogP contribution in [0.1, 0.15) is 6.42 Å². The number of aliphatic hydroxyl groups excluding tert-OH is 2. The third-order valence-electron chi connectivity index (χ3n) is 1.18. The number of rotatable bonds is 2. The number of hydrogen-bond donors (Lipinski definition) is 2. The van der Waals surface area contributed by atoms with Gasteiger partial charge in [-0.3, -0.25) is 0 Å². The molecule has 0 radical (unpaired) electrons. The lowest BCUT2D eigenvalue weighted by Gasteiger charge is -1.99. The van der Waals surface area contributed by atoms with Crippen LogP contribution in [0.2, 0.25) is 0 Å². The smallest absolute Gasteiger partial charge is 0.155 e. The largest absolute Gasteiger partial charge is 0.392 e. The average molecular weight is 131 g/mol. The Morgan fingerprint density at radius 2 is 2.44 bits per heavy atom. The monoisotopic (exact) mass is 131 g/mol. The summed E-state index contributed by atoms with van der Waals surface area (Å²) in [6.07, 6.45) is 0.319. The molecule has 2 N–H and O–H groups in total. The van der Waals surface area contributed by atoms with Crippen molar-refractivity contribution in [2.45, 2.75) is 12.5 Å². The molecule has 4 nitrogen and oxygen atoms in total. The fraction of sp³-hybridized carbons (Fsp3) is 0.800. The molecule has 0 fully saturated rings. The van der Waals surface area contributed by atoms with Crippen molar-refractivity contribution in [1.29, 1.82) is 0 Å². The SMILES string of the molecule is OCC1=NO[C@@H](CO)C1. The fourth-order valence-electron chi connectivity index (χ4n) is 0.678. The highest BCUT2D eigenvalue weighted by atomic mass is 16.6. The standard InChI is InChI=1S/C5H9NO3/c7-2-4-1-5(3-8)9-6-4/h5,7-8H,1-3H2/t5-/m1/s1. The van der Waals surface area contributed by atoms with E-state index in [1.165, 1.54) is 0 Å². The quantitative estimate of drug-likeness (QED) is 0.511. The third-order valence-corrected chi connectivity index (χ3v) is 1.18. The lowest BCUT2D eigenvalue weighted by atomic mass is 10.2. The summed E-state index contributed by atoms with van der Waals surface area (Å²) < 4.78 is 0. The van der Waals surface area contributed by atoms with Gasteiger partial charge in [0.1, 0.15) is 0 Å². The first kappa shape index (κ1) is 6.51. The van der Waals surface area contributed by atoms with Crippen molar-refractivity contribution < 1.29 is 15.1 Å². The first-order valence-corrected chi connectivity index (χ1v) is 2.80. The van der Waals surface area contributed by atoms with Crippen molar-refractivity contribution >= 4 is 5.71 Å². The van der Waals surface area contributed by atoms with Crippen molar-refractivity contribution in [3.63, 3.8) is 0 Å². The van der Waals surface area contributed by atoms with Crippen molar-refractivity contribution in [3.8, 4) is 0 Å². The van der Waals surface area contributed by atoms with Crippen LogP contribution >= 0.6 is 0 Å².